The van der Waals surface area contributed by atoms with Gasteiger partial charge in [0.1, 0.15) is 5.75 Å². The summed E-state index contributed by atoms with van der Waals surface area (Å²) in [4.78, 5) is 14.2. The first-order valence-electron chi connectivity index (χ1n) is 10.9. The van der Waals surface area contributed by atoms with Crippen molar-refractivity contribution >= 4 is 5.95 Å². The molecule has 31 heavy (non-hydrogen) atoms. The number of hydrogen-bond donors (Lipinski definition) is 0. The number of anilines is 1. The van der Waals surface area contributed by atoms with Crippen molar-refractivity contribution < 1.29 is 4.74 Å². The molecule has 1 saturated heterocycles. The van der Waals surface area contributed by atoms with Crippen molar-refractivity contribution in [2.45, 2.75) is 38.8 Å². The van der Waals surface area contributed by atoms with Gasteiger partial charge < -0.3 is 9.64 Å². The fourth-order valence-corrected chi connectivity index (χ4v) is 4.26. The minimum absolute atomic E-state index is 0.243. The van der Waals surface area contributed by atoms with Crippen LogP contribution in [-0.4, -0.2) is 52.4 Å². The minimum Gasteiger partial charge on any atom is -0.497 e. The third-order valence-corrected chi connectivity index (χ3v) is 6.25. The molecule has 7 nitrogen and oxygen atoms in total. The third kappa shape index (κ3) is 4.42. The standard InChI is InChI=1S/C24H32N6O/c1-17-19(14-26-29(17)4)16-30-13-7-6-8-22(30)23-21(15-25-24(27-23)28(2)3)18-9-11-20(31-5)12-10-18/h9-12,14-15,22H,6-8,13,16H2,1-5H3. The van der Waals surface area contributed by atoms with Gasteiger partial charge >= 0.3 is 0 Å². The molecular weight excluding hydrogens is 388 g/mol. The first kappa shape index (κ1) is 21.3. The summed E-state index contributed by atoms with van der Waals surface area (Å²) in [5.74, 6) is 1.60. The van der Waals surface area contributed by atoms with E-state index in [1.165, 1.54) is 24.1 Å². The molecule has 1 fully saturated rings. The van der Waals surface area contributed by atoms with Gasteiger partial charge in [0.2, 0.25) is 5.95 Å². The van der Waals surface area contributed by atoms with E-state index in [9.17, 15) is 0 Å². The summed E-state index contributed by atoms with van der Waals surface area (Å²) in [6.45, 7) is 4.08. The van der Waals surface area contributed by atoms with E-state index in [1.54, 1.807) is 7.11 Å². The smallest absolute Gasteiger partial charge is 0.225 e. The highest BCUT2D eigenvalue weighted by atomic mass is 16.5. The van der Waals surface area contributed by atoms with Crippen LogP contribution in [0.5, 0.6) is 5.75 Å². The van der Waals surface area contributed by atoms with E-state index >= 15 is 0 Å². The van der Waals surface area contributed by atoms with E-state index in [2.05, 4.69) is 34.0 Å². The summed E-state index contributed by atoms with van der Waals surface area (Å²) < 4.78 is 7.30. The lowest BCUT2D eigenvalue weighted by Crippen LogP contribution is -2.34. The van der Waals surface area contributed by atoms with Crippen LogP contribution in [0.15, 0.2) is 36.7 Å². The summed E-state index contributed by atoms with van der Waals surface area (Å²) in [5, 5.41) is 4.44. The normalized spacial score (nSPS) is 17.0. The van der Waals surface area contributed by atoms with Crippen LogP contribution >= 0.6 is 0 Å². The number of piperidine rings is 1. The topological polar surface area (TPSA) is 59.3 Å². The van der Waals surface area contributed by atoms with E-state index in [-0.39, 0.29) is 6.04 Å². The molecule has 0 N–H and O–H groups in total. The first-order chi connectivity index (χ1) is 15.0. The molecule has 7 heteroatoms. The molecule has 1 aliphatic rings. The van der Waals surface area contributed by atoms with E-state index in [0.29, 0.717) is 0 Å². The Hall–Kier alpha value is -2.93. The Labute approximate surface area is 184 Å². The second-order valence-electron chi connectivity index (χ2n) is 8.45. The Morgan fingerprint density at radius 2 is 1.90 bits per heavy atom. The van der Waals surface area contributed by atoms with Crippen LogP contribution in [-0.2, 0) is 13.6 Å². The SMILES string of the molecule is COc1ccc(-c2cnc(N(C)C)nc2C2CCCCN2Cc2cnn(C)c2C)cc1. The molecule has 0 bridgehead atoms. The van der Waals surface area contributed by atoms with Gasteiger partial charge in [-0.1, -0.05) is 18.6 Å². The molecule has 1 aliphatic heterocycles. The predicted molar refractivity (Wildman–Crippen MR) is 123 cm³/mol. The average Bonchev–Trinajstić information content (AvgIpc) is 3.11. The number of methoxy groups -OCH3 is 1. The zero-order valence-corrected chi connectivity index (χ0v) is 19.2. The molecule has 1 atom stereocenters. The van der Waals surface area contributed by atoms with Crippen LogP contribution in [0, 0.1) is 6.92 Å². The molecule has 3 aromatic rings. The summed E-state index contributed by atoms with van der Waals surface area (Å²) in [6.07, 6.45) is 7.47. The predicted octanol–water partition coefficient (Wildman–Crippen LogP) is 3.99. The van der Waals surface area contributed by atoms with Crippen molar-refractivity contribution in [1.82, 2.24) is 24.6 Å². The number of aromatic nitrogens is 4. The van der Waals surface area contributed by atoms with E-state index in [1.807, 2.05) is 55.3 Å². The second-order valence-corrected chi connectivity index (χ2v) is 8.45. The van der Waals surface area contributed by atoms with E-state index in [0.717, 1.165) is 48.0 Å². The average molecular weight is 421 g/mol. The maximum Gasteiger partial charge on any atom is 0.225 e. The van der Waals surface area contributed by atoms with Crippen molar-refractivity contribution in [3.05, 3.63) is 53.6 Å². The lowest BCUT2D eigenvalue weighted by molar-refractivity contribution is 0.137. The highest BCUT2D eigenvalue weighted by molar-refractivity contribution is 5.67. The molecule has 1 aromatic carbocycles. The van der Waals surface area contributed by atoms with Crippen molar-refractivity contribution in [2.75, 3.05) is 32.6 Å². The van der Waals surface area contributed by atoms with Crippen LogP contribution in [0.3, 0.4) is 0 Å². The quantitative estimate of drug-likeness (QED) is 0.601. The van der Waals surface area contributed by atoms with Gasteiger partial charge in [0.25, 0.3) is 0 Å². The van der Waals surface area contributed by atoms with Gasteiger partial charge in [-0.3, -0.25) is 9.58 Å². The van der Waals surface area contributed by atoms with Crippen molar-refractivity contribution in [3.63, 3.8) is 0 Å². The number of benzene rings is 1. The maximum atomic E-state index is 5.34. The zero-order valence-electron chi connectivity index (χ0n) is 19.2. The molecule has 2 aromatic heterocycles. The van der Waals surface area contributed by atoms with Crippen LogP contribution < -0.4 is 9.64 Å². The molecule has 0 amide bonds. The summed E-state index contributed by atoms with van der Waals surface area (Å²) in [7, 11) is 7.67. The van der Waals surface area contributed by atoms with Crippen LogP contribution in [0.2, 0.25) is 0 Å². The number of likely N-dealkylation sites (tertiary alicyclic amines) is 1. The lowest BCUT2D eigenvalue weighted by Gasteiger charge is -2.36. The highest BCUT2D eigenvalue weighted by Gasteiger charge is 2.29. The minimum atomic E-state index is 0.243. The summed E-state index contributed by atoms with van der Waals surface area (Å²) >= 11 is 0. The van der Waals surface area contributed by atoms with Gasteiger partial charge in [-0.15, -0.1) is 0 Å². The Balaban J connectivity index is 1.75. The maximum absolute atomic E-state index is 5.34. The Morgan fingerprint density at radius 1 is 1.13 bits per heavy atom. The number of hydrogen-bond acceptors (Lipinski definition) is 6. The van der Waals surface area contributed by atoms with Crippen LogP contribution in [0.4, 0.5) is 5.95 Å². The molecule has 0 radical (unpaired) electrons. The monoisotopic (exact) mass is 420 g/mol. The first-order valence-corrected chi connectivity index (χ1v) is 10.9. The molecule has 1 unspecified atom stereocenters. The van der Waals surface area contributed by atoms with Gasteiger partial charge in [-0.2, -0.15) is 5.10 Å². The van der Waals surface area contributed by atoms with Gasteiger partial charge in [0.05, 0.1) is 25.0 Å². The molecule has 0 spiro atoms. The van der Waals surface area contributed by atoms with Gasteiger partial charge in [-0.25, -0.2) is 9.97 Å². The number of rotatable bonds is 6. The van der Waals surface area contributed by atoms with Crippen molar-refractivity contribution in [1.29, 1.82) is 0 Å². The second kappa shape index (κ2) is 9.06. The van der Waals surface area contributed by atoms with Crippen molar-refractivity contribution in [2.24, 2.45) is 7.05 Å². The number of nitrogens with zero attached hydrogens (tertiary/aromatic N) is 6. The largest absolute Gasteiger partial charge is 0.497 e. The van der Waals surface area contributed by atoms with E-state index in [4.69, 9.17) is 9.72 Å². The van der Waals surface area contributed by atoms with Crippen LogP contribution in [0.1, 0.15) is 42.3 Å². The van der Waals surface area contributed by atoms with E-state index < -0.39 is 0 Å². The Bertz CT molecular complexity index is 1030. The van der Waals surface area contributed by atoms with Gasteiger partial charge in [0.15, 0.2) is 0 Å². The fourth-order valence-electron chi connectivity index (χ4n) is 4.26. The summed E-state index contributed by atoms with van der Waals surface area (Å²) in [5.41, 5.74) is 5.81. The third-order valence-electron chi connectivity index (χ3n) is 6.25. The molecule has 164 valence electrons. The number of aryl methyl sites for hydroxylation is 1. The van der Waals surface area contributed by atoms with Gasteiger partial charge in [0, 0.05) is 50.7 Å². The lowest BCUT2D eigenvalue weighted by atomic mass is 9.93. The zero-order chi connectivity index (χ0) is 22.0. The Kier molecular flexibility index (Phi) is 6.23. The summed E-state index contributed by atoms with van der Waals surface area (Å²) in [6, 6.07) is 8.42. The molecule has 0 aliphatic carbocycles. The van der Waals surface area contributed by atoms with Gasteiger partial charge in [-0.05, 0) is 44.0 Å². The van der Waals surface area contributed by atoms with Crippen LogP contribution in [0.25, 0.3) is 11.1 Å². The van der Waals surface area contributed by atoms with Crippen molar-refractivity contribution in [3.8, 4) is 16.9 Å². The highest BCUT2D eigenvalue weighted by Crippen LogP contribution is 2.37. The molecule has 4 rings (SSSR count). The Morgan fingerprint density at radius 3 is 2.55 bits per heavy atom. The molecule has 3 heterocycles. The fraction of sp³-hybridized carbons (Fsp3) is 0.458. The molecule has 0 saturated carbocycles. The molecular formula is C24H32N6O. The number of ether oxygens (including phenoxy) is 1.